The molecule has 2 heterocycles. The molecule has 0 bridgehead atoms. The van der Waals surface area contributed by atoms with Crippen LogP contribution < -0.4 is 5.32 Å². The SMILES string of the molecule is CC(C)=CCN1CCC(NCCCN2CCCCC2)CC1. The zero-order valence-corrected chi connectivity index (χ0v) is 14.2. The minimum absolute atomic E-state index is 0.759. The molecular weight excluding hydrogens is 258 g/mol. The molecule has 122 valence electrons. The number of nitrogens with zero attached hydrogens (tertiary/aromatic N) is 2. The molecule has 21 heavy (non-hydrogen) atoms. The Morgan fingerprint density at radius 2 is 1.71 bits per heavy atom. The van der Waals surface area contributed by atoms with Crippen molar-refractivity contribution in [2.24, 2.45) is 0 Å². The van der Waals surface area contributed by atoms with E-state index in [0.29, 0.717) is 0 Å². The van der Waals surface area contributed by atoms with E-state index in [1.165, 1.54) is 83.4 Å². The topological polar surface area (TPSA) is 18.5 Å². The number of rotatable bonds is 7. The summed E-state index contributed by atoms with van der Waals surface area (Å²) in [4.78, 5) is 5.23. The molecule has 0 aliphatic carbocycles. The van der Waals surface area contributed by atoms with Crippen molar-refractivity contribution in [2.45, 2.75) is 58.4 Å². The molecule has 0 aromatic rings. The van der Waals surface area contributed by atoms with Gasteiger partial charge in [0.2, 0.25) is 0 Å². The molecule has 0 radical (unpaired) electrons. The van der Waals surface area contributed by atoms with Gasteiger partial charge in [-0.05, 0) is 85.2 Å². The van der Waals surface area contributed by atoms with Crippen LogP contribution in [0.25, 0.3) is 0 Å². The zero-order chi connectivity index (χ0) is 14.9. The summed E-state index contributed by atoms with van der Waals surface area (Å²) in [5, 5.41) is 3.78. The lowest BCUT2D eigenvalue weighted by Gasteiger charge is -2.32. The van der Waals surface area contributed by atoms with E-state index < -0.39 is 0 Å². The van der Waals surface area contributed by atoms with E-state index in [2.05, 4.69) is 35.0 Å². The Labute approximate surface area is 131 Å². The van der Waals surface area contributed by atoms with E-state index in [-0.39, 0.29) is 0 Å². The Bertz CT molecular complexity index is 296. The third-order valence-electron chi connectivity index (χ3n) is 4.88. The second-order valence-corrected chi connectivity index (χ2v) is 7.07. The number of allylic oxidation sites excluding steroid dienone is 1. The van der Waals surface area contributed by atoms with E-state index >= 15 is 0 Å². The summed E-state index contributed by atoms with van der Waals surface area (Å²) >= 11 is 0. The Morgan fingerprint density at radius 1 is 1.00 bits per heavy atom. The molecule has 2 saturated heterocycles. The highest BCUT2D eigenvalue weighted by Gasteiger charge is 2.17. The fourth-order valence-electron chi connectivity index (χ4n) is 3.42. The first-order chi connectivity index (χ1) is 10.2. The smallest absolute Gasteiger partial charge is 0.0165 e. The monoisotopic (exact) mass is 293 g/mol. The predicted octanol–water partition coefficient (Wildman–Crippen LogP) is 2.88. The molecular formula is C18H35N3. The van der Waals surface area contributed by atoms with Gasteiger partial charge in [0, 0.05) is 12.6 Å². The first-order valence-corrected chi connectivity index (χ1v) is 9.05. The molecule has 0 amide bonds. The van der Waals surface area contributed by atoms with Crippen molar-refractivity contribution in [1.29, 1.82) is 0 Å². The maximum Gasteiger partial charge on any atom is 0.0165 e. The van der Waals surface area contributed by atoms with E-state index in [9.17, 15) is 0 Å². The van der Waals surface area contributed by atoms with Crippen LogP contribution in [0.15, 0.2) is 11.6 Å². The maximum absolute atomic E-state index is 3.78. The Kier molecular flexibility index (Phi) is 7.76. The van der Waals surface area contributed by atoms with Crippen LogP contribution in [0.5, 0.6) is 0 Å². The highest BCUT2D eigenvalue weighted by molar-refractivity contribution is 4.95. The average molecular weight is 293 g/mol. The molecule has 2 rings (SSSR count). The van der Waals surface area contributed by atoms with Gasteiger partial charge in [-0.15, -0.1) is 0 Å². The van der Waals surface area contributed by atoms with E-state index in [1.807, 2.05) is 0 Å². The summed E-state index contributed by atoms with van der Waals surface area (Å²) in [5.41, 5.74) is 1.44. The summed E-state index contributed by atoms with van der Waals surface area (Å²) in [6.45, 7) is 13.2. The molecule has 2 fully saturated rings. The molecule has 2 aliphatic rings. The van der Waals surface area contributed by atoms with Crippen LogP contribution >= 0.6 is 0 Å². The molecule has 3 nitrogen and oxygen atoms in total. The van der Waals surface area contributed by atoms with Crippen molar-refractivity contribution in [2.75, 3.05) is 45.8 Å². The largest absolute Gasteiger partial charge is 0.314 e. The van der Waals surface area contributed by atoms with Crippen LogP contribution in [0.2, 0.25) is 0 Å². The lowest BCUT2D eigenvalue weighted by atomic mass is 10.0. The summed E-state index contributed by atoms with van der Waals surface area (Å²) in [5.74, 6) is 0. The average Bonchev–Trinajstić information content (AvgIpc) is 2.52. The normalized spacial score (nSPS) is 22.4. The van der Waals surface area contributed by atoms with Gasteiger partial charge in [0.25, 0.3) is 0 Å². The molecule has 0 atom stereocenters. The summed E-state index contributed by atoms with van der Waals surface area (Å²) in [6, 6.07) is 0.759. The minimum Gasteiger partial charge on any atom is -0.314 e. The third kappa shape index (κ3) is 6.94. The Hall–Kier alpha value is -0.380. The van der Waals surface area contributed by atoms with Crippen molar-refractivity contribution >= 4 is 0 Å². The van der Waals surface area contributed by atoms with Crippen LogP contribution in [0, 0.1) is 0 Å². The highest BCUT2D eigenvalue weighted by Crippen LogP contribution is 2.11. The number of nitrogens with one attached hydrogen (secondary N) is 1. The quantitative estimate of drug-likeness (QED) is 0.575. The first-order valence-electron chi connectivity index (χ1n) is 9.05. The molecule has 2 aliphatic heterocycles. The first kappa shape index (κ1) is 17.0. The van der Waals surface area contributed by atoms with Gasteiger partial charge in [0.15, 0.2) is 0 Å². The van der Waals surface area contributed by atoms with E-state index in [1.54, 1.807) is 0 Å². The summed E-state index contributed by atoms with van der Waals surface area (Å²) in [7, 11) is 0. The van der Waals surface area contributed by atoms with E-state index in [0.717, 1.165) is 12.6 Å². The fourth-order valence-corrected chi connectivity index (χ4v) is 3.42. The van der Waals surface area contributed by atoms with Crippen molar-refractivity contribution < 1.29 is 0 Å². The van der Waals surface area contributed by atoms with Gasteiger partial charge in [-0.2, -0.15) is 0 Å². The molecule has 3 heteroatoms. The van der Waals surface area contributed by atoms with Gasteiger partial charge in [-0.25, -0.2) is 0 Å². The van der Waals surface area contributed by atoms with Crippen molar-refractivity contribution in [3.05, 3.63) is 11.6 Å². The number of hydrogen-bond acceptors (Lipinski definition) is 3. The van der Waals surface area contributed by atoms with Crippen LogP contribution in [-0.4, -0.2) is 61.7 Å². The Morgan fingerprint density at radius 3 is 2.38 bits per heavy atom. The third-order valence-corrected chi connectivity index (χ3v) is 4.88. The van der Waals surface area contributed by atoms with Crippen LogP contribution in [0.3, 0.4) is 0 Å². The Balaban J connectivity index is 1.49. The molecule has 0 saturated carbocycles. The predicted molar refractivity (Wildman–Crippen MR) is 91.8 cm³/mol. The highest BCUT2D eigenvalue weighted by atomic mass is 15.1. The van der Waals surface area contributed by atoms with Gasteiger partial charge >= 0.3 is 0 Å². The van der Waals surface area contributed by atoms with Crippen molar-refractivity contribution in [3.63, 3.8) is 0 Å². The van der Waals surface area contributed by atoms with Gasteiger partial charge in [-0.3, -0.25) is 4.90 Å². The van der Waals surface area contributed by atoms with E-state index in [4.69, 9.17) is 0 Å². The molecule has 0 spiro atoms. The van der Waals surface area contributed by atoms with Crippen LogP contribution in [0.1, 0.15) is 52.4 Å². The van der Waals surface area contributed by atoms with Gasteiger partial charge in [0.1, 0.15) is 0 Å². The number of likely N-dealkylation sites (tertiary alicyclic amines) is 2. The van der Waals surface area contributed by atoms with Gasteiger partial charge < -0.3 is 10.2 Å². The van der Waals surface area contributed by atoms with Crippen LogP contribution in [-0.2, 0) is 0 Å². The second-order valence-electron chi connectivity index (χ2n) is 7.07. The summed E-state index contributed by atoms with van der Waals surface area (Å²) in [6.07, 6.45) is 10.6. The lowest BCUT2D eigenvalue weighted by molar-refractivity contribution is 0.205. The van der Waals surface area contributed by atoms with Gasteiger partial charge in [0.05, 0.1) is 0 Å². The van der Waals surface area contributed by atoms with Gasteiger partial charge in [-0.1, -0.05) is 18.1 Å². The zero-order valence-electron chi connectivity index (χ0n) is 14.2. The molecule has 0 unspecified atom stereocenters. The molecule has 1 N–H and O–H groups in total. The molecule has 0 aromatic carbocycles. The lowest BCUT2D eigenvalue weighted by Crippen LogP contribution is -2.43. The number of hydrogen-bond donors (Lipinski definition) is 1. The fraction of sp³-hybridized carbons (Fsp3) is 0.889. The standard InChI is InChI=1S/C18H35N3/c1-17(2)7-14-21-15-8-18(9-16-21)19-10-6-13-20-11-4-3-5-12-20/h7,18-19H,3-6,8-16H2,1-2H3. The second kappa shape index (κ2) is 9.60. The summed E-state index contributed by atoms with van der Waals surface area (Å²) < 4.78 is 0. The number of piperidine rings is 2. The minimum atomic E-state index is 0.759. The van der Waals surface area contributed by atoms with Crippen molar-refractivity contribution in [3.8, 4) is 0 Å². The molecule has 0 aromatic heterocycles. The van der Waals surface area contributed by atoms with Crippen LogP contribution in [0.4, 0.5) is 0 Å². The maximum atomic E-state index is 3.78. The van der Waals surface area contributed by atoms with Crippen molar-refractivity contribution in [1.82, 2.24) is 15.1 Å².